The molecule has 1 aromatic rings. The highest BCUT2D eigenvalue weighted by Gasteiger charge is 2.31. The van der Waals surface area contributed by atoms with Gasteiger partial charge in [0, 0.05) is 0 Å². The predicted molar refractivity (Wildman–Crippen MR) is 64.3 cm³/mol. The number of ether oxygens (including phenoxy) is 2. The first-order valence-electron chi connectivity index (χ1n) is 5.06. The molecule has 4 nitrogen and oxygen atoms in total. The van der Waals surface area contributed by atoms with E-state index in [9.17, 15) is 4.79 Å². The molecule has 2 N–H and O–H groups in total. The summed E-state index contributed by atoms with van der Waals surface area (Å²) in [5.74, 6) is 2.51. The molecule has 1 atom stereocenters. The lowest BCUT2D eigenvalue weighted by molar-refractivity contribution is -0.146. The first kappa shape index (κ1) is 13.1. The summed E-state index contributed by atoms with van der Waals surface area (Å²) in [6, 6.07) is 6.84. The maximum atomic E-state index is 11.5. The second-order valence-electron chi connectivity index (χ2n) is 3.71. The van der Waals surface area contributed by atoms with E-state index in [1.54, 1.807) is 31.2 Å². The van der Waals surface area contributed by atoms with E-state index in [0.29, 0.717) is 11.3 Å². The Morgan fingerprint density at radius 1 is 1.47 bits per heavy atom. The van der Waals surface area contributed by atoms with Gasteiger partial charge in [0.25, 0.3) is 0 Å². The van der Waals surface area contributed by atoms with Gasteiger partial charge in [0.05, 0.1) is 7.11 Å². The molecule has 0 fully saturated rings. The van der Waals surface area contributed by atoms with Gasteiger partial charge in [-0.25, -0.2) is 4.79 Å². The standard InChI is InChI=1S/C13H15NO3/c1-4-9-17-11-7-5-10(6-8-11)13(2,14)12(15)16-3/h1,5-8H,9,14H2,2-3H3. The molecule has 0 amide bonds. The lowest BCUT2D eigenvalue weighted by Gasteiger charge is -2.22. The molecule has 0 spiro atoms. The molecule has 1 rings (SSSR count). The average Bonchev–Trinajstić information content (AvgIpc) is 2.35. The van der Waals surface area contributed by atoms with Crippen LogP contribution in [0.15, 0.2) is 24.3 Å². The number of nitrogens with two attached hydrogens (primary N) is 1. The molecule has 4 heteroatoms. The van der Waals surface area contributed by atoms with Crippen molar-refractivity contribution in [2.75, 3.05) is 13.7 Å². The minimum absolute atomic E-state index is 0.205. The van der Waals surface area contributed by atoms with Crippen LogP contribution in [0.1, 0.15) is 12.5 Å². The molecule has 0 heterocycles. The van der Waals surface area contributed by atoms with Crippen molar-refractivity contribution in [3.63, 3.8) is 0 Å². The van der Waals surface area contributed by atoms with Gasteiger partial charge < -0.3 is 15.2 Å². The molecule has 0 aliphatic rings. The van der Waals surface area contributed by atoms with Crippen molar-refractivity contribution in [2.45, 2.75) is 12.5 Å². The lowest BCUT2D eigenvalue weighted by Crippen LogP contribution is -2.42. The first-order chi connectivity index (χ1) is 8.02. The van der Waals surface area contributed by atoms with Crippen molar-refractivity contribution in [2.24, 2.45) is 5.73 Å². The van der Waals surface area contributed by atoms with Gasteiger partial charge in [-0.3, -0.25) is 0 Å². The maximum absolute atomic E-state index is 11.5. The predicted octanol–water partition coefficient (Wildman–Crippen LogP) is 1.05. The van der Waals surface area contributed by atoms with Crippen molar-refractivity contribution in [3.05, 3.63) is 29.8 Å². The largest absolute Gasteiger partial charge is 0.481 e. The van der Waals surface area contributed by atoms with Crippen LogP contribution >= 0.6 is 0 Å². The second-order valence-corrected chi connectivity index (χ2v) is 3.71. The zero-order valence-corrected chi connectivity index (χ0v) is 9.90. The molecule has 0 radical (unpaired) electrons. The molecule has 0 bridgehead atoms. The highest BCUT2D eigenvalue weighted by molar-refractivity contribution is 5.81. The monoisotopic (exact) mass is 233 g/mol. The van der Waals surface area contributed by atoms with Crippen molar-refractivity contribution in [3.8, 4) is 18.1 Å². The Morgan fingerprint density at radius 2 is 2.06 bits per heavy atom. The zero-order valence-electron chi connectivity index (χ0n) is 9.90. The molecule has 1 aromatic carbocycles. The average molecular weight is 233 g/mol. The molecule has 0 aliphatic heterocycles. The van der Waals surface area contributed by atoms with Crippen LogP contribution in [-0.2, 0) is 15.1 Å². The molecular weight excluding hydrogens is 218 g/mol. The Bertz CT molecular complexity index is 429. The minimum Gasteiger partial charge on any atom is -0.481 e. The molecule has 0 saturated carbocycles. The fourth-order valence-corrected chi connectivity index (χ4v) is 1.35. The number of hydrogen-bond acceptors (Lipinski definition) is 4. The highest BCUT2D eigenvalue weighted by Crippen LogP contribution is 2.22. The summed E-state index contributed by atoms with van der Waals surface area (Å²) in [5, 5.41) is 0. The molecule has 17 heavy (non-hydrogen) atoms. The normalized spacial score (nSPS) is 13.3. The fraction of sp³-hybridized carbons (Fsp3) is 0.308. The minimum atomic E-state index is -1.17. The van der Waals surface area contributed by atoms with E-state index in [4.69, 9.17) is 16.9 Å². The van der Waals surface area contributed by atoms with E-state index in [2.05, 4.69) is 10.7 Å². The number of esters is 1. The van der Waals surface area contributed by atoms with Gasteiger partial charge in [0.1, 0.15) is 17.9 Å². The number of hydrogen-bond donors (Lipinski definition) is 1. The smallest absolute Gasteiger partial charge is 0.330 e. The molecule has 90 valence electrons. The third kappa shape index (κ3) is 2.99. The van der Waals surface area contributed by atoms with Crippen molar-refractivity contribution >= 4 is 5.97 Å². The van der Waals surface area contributed by atoms with Gasteiger partial charge in [-0.05, 0) is 24.6 Å². The van der Waals surface area contributed by atoms with E-state index in [1.165, 1.54) is 7.11 Å². The zero-order chi connectivity index (χ0) is 12.9. The third-order valence-corrected chi connectivity index (χ3v) is 2.39. The topological polar surface area (TPSA) is 61.5 Å². The quantitative estimate of drug-likeness (QED) is 0.623. The summed E-state index contributed by atoms with van der Waals surface area (Å²) in [6.45, 7) is 1.80. The van der Waals surface area contributed by atoms with Crippen LogP contribution in [-0.4, -0.2) is 19.7 Å². The van der Waals surface area contributed by atoms with Gasteiger partial charge in [0.15, 0.2) is 0 Å². The molecular formula is C13H15NO3. The molecule has 1 unspecified atom stereocenters. The molecule has 0 saturated heterocycles. The number of carbonyl (C=O) groups excluding carboxylic acids is 1. The van der Waals surface area contributed by atoms with Gasteiger partial charge in [0.2, 0.25) is 0 Å². The van der Waals surface area contributed by atoms with Crippen molar-refractivity contribution in [1.82, 2.24) is 0 Å². The van der Waals surface area contributed by atoms with E-state index < -0.39 is 11.5 Å². The Labute approximate surface area is 101 Å². The number of benzene rings is 1. The van der Waals surface area contributed by atoms with E-state index in [1.807, 2.05) is 0 Å². The van der Waals surface area contributed by atoms with Gasteiger partial charge >= 0.3 is 5.97 Å². The van der Waals surface area contributed by atoms with Crippen molar-refractivity contribution in [1.29, 1.82) is 0 Å². The number of carbonyl (C=O) groups is 1. The highest BCUT2D eigenvalue weighted by atomic mass is 16.5. The maximum Gasteiger partial charge on any atom is 0.330 e. The van der Waals surface area contributed by atoms with Crippen LogP contribution in [0.4, 0.5) is 0 Å². The summed E-state index contributed by atoms with van der Waals surface area (Å²) < 4.78 is 9.86. The summed E-state index contributed by atoms with van der Waals surface area (Å²) >= 11 is 0. The van der Waals surface area contributed by atoms with Gasteiger partial charge in [-0.2, -0.15) is 0 Å². The van der Waals surface area contributed by atoms with E-state index in [0.717, 1.165) is 0 Å². The van der Waals surface area contributed by atoms with Crippen LogP contribution in [0.3, 0.4) is 0 Å². The van der Waals surface area contributed by atoms with Crippen LogP contribution in [0, 0.1) is 12.3 Å². The number of rotatable bonds is 4. The van der Waals surface area contributed by atoms with Crippen LogP contribution in [0.25, 0.3) is 0 Å². The number of terminal acetylenes is 1. The van der Waals surface area contributed by atoms with Crippen LogP contribution < -0.4 is 10.5 Å². The molecule has 0 aromatic heterocycles. The third-order valence-electron chi connectivity index (χ3n) is 2.39. The first-order valence-corrected chi connectivity index (χ1v) is 5.06. The Morgan fingerprint density at radius 3 is 2.53 bits per heavy atom. The summed E-state index contributed by atoms with van der Waals surface area (Å²) in [4.78, 5) is 11.5. The number of methoxy groups -OCH3 is 1. The van der Waals surface area contributed by atoms with Crippen molar-refractivity contribution < 1.29 is 14.3 Å². The van der Waals surface area contributed by atoms with Crippen LogP contribution in [0.2, 0.25) is 0 Å². The lowest BCUT2D eigenvalue weighted by atomic mass is 9.93. The fourth-order valence-electron chi connectivity index (χ4n) is 1.35. The Hall–Kier alpha value is -1.99. The summed E-state index contributed by atoms with van der Waals surface area (Å²) in [7, 11) is 1.30. The second kappa shape index (κ2) is 5.37. The Kier molecular flexibility index (Phi) is 4.13. The van der Waals surface area contributed by atoms with Gasteiger partial charge in [-0.1, -0.05) is 18.1 Å². The van der Waals surface area contributed by atoms with Crippen LogP contribution in [0.5, 0.6) is 5.75 Å². The Balaban J connectivity index is 2.87. The van der Waals surface area contributed by atoms with Gasteiger partial charge in [-0.15, -0.1) is 6.42 Å². The molecule has 0 aliphatic carbocycles. The SMILES string of the molecule is C#CCOc1ccc(C(C)(N)C(=O)OC)cc1. The van der Waals surface area contributed by atoms with E-state index in [-0.39, 0.29) is 6.61 Å². The van der Waals surface area contributed by atoms with E-state index >= 15 is 0 Å². The summed E-state index contributed by atoms with van der Waals surface area (Å²) in [5.41, 5.74) is 5.38. The summed E-state index contributed by atoms with van der Waals surface area (Å²) in [6.07, 6.45) is 5.08.